The van der Waals surface area contributed by atoms with Gasteiger partial charge in [-0.05, 0) is 37.1 Å². The van der Waals surface area contributed by atoms with Gasteiger partial charge in [-0.15, -0.1) is 0 Å². The zero-order valence-electron chi connectivity index (χ0n) is 9.17. The van der Waals surface area contributed by atoms with E-state index in [2.05, 4.69) is 5.32 Å². The van der Waals surface area contributed by atoms with E-state index in [4.69, 9.17) is 0 Å². The summed E-state index contributed by atoms with van der Waals surface area (Å²) in [6, 6.07) is 2.95. The number of carbonyl (C=O) groups is 1. The molecule has 2 rings (SSSR count). The highest BCUT2D eigenvalue weighted by molar-refractivity contribution is 5.82. The lowest BCUT2D eigenvalue weighted by molar-refractivity contribution is -0.144. The molecule has 1 aromatic rings. The van der Waals surface area contributed by atoms with Gasteiger partial charge in [0.25, 0.3) is 0 Å². The molecule has 0 spiro atoms. The molecule has 3 nitrogen and oxygen atoms in total. The molecule has 1 aliphatic heterocycles. The molecule has 0 radical (unpaired) electrons. The third-order valence-corrected chi connectivity index (χ3v) is 3.21. The van der Waals surface area contributed by atoms with E-state index in [1.54, 1.807) is 0 Å². The summed E-state index contributed by atoms with van der Waals surface area (Å²) in [6.07, 6.45) is 1.06. The highest BCUT2D eigenvalue weighted by atomic mass is 19.1. The van der Waals surface area contributed by atoms with Gasteiger partial charge in [0.2, 0.25) is 0 Å². The van der Waals surface area contributed by atoms with E-state index in [0.717, 1.165) is 24.7 Å². The lowest BCUT2D eigenvalue weighted by atomic mass is 9.74. The maximum atomic E-state index is 13.2. The monoisotopic (exact) mass is 241 g/mol. The Labute approximate surface area is 97.5 Å². The fraction of sp³-hybridized carbons (Fsp3) is 0.417. The molecule has 1 aliphatic rings. The third-order valence-electron chi connectivity index (χ3n) is 3.21. The normalized spacial score (nSPS) is 24.6. The van der Waals surface area contributed by atoms with Crippen molar-refractivity contribution in [1.82, 2.24) is 5.32 Å². The second kappa shape index (κ2) is 4.41. The first-order chi connectivity index (χ1) is 8.04. The summed E-state index contributed by atoms with van der Waals surface area (Å²) in [4.78, 5) is 11.4. The predicted molar refractivity (Wildman–Crippen MR) is 57.8 cm³/mol. The number of piperidine rings is 1. The van der Waals surface area contributed by atoms with Crippen molar-refractivity contribution >= 4 is 5.97 Å². The number of hydrogen-bond donors (Lipinski definition) is 2. The number of nitrogens with one attached hydrogen (secondary N) is 1. The van der Waals surface area contributed by atoms with Crippen LogP contribution in [-0.4, -0.2) is 24.2 Å². The van der Waals surface area contributed by atoms with Crippen LogP contribution in [-0.2, 0) is 10.2 Å². The molecule has 17 heavy (non-hydrogen) atoms. The van der Waals surface area contributed by atoms with E-state index in [1.807, 2.05) is 0 Å². The lowest BCUT2D eigenvalue weighted by Crippen LogP contribution is -2.49. The molecule has 2 N–H and O–H groups in total. The van der Waals surface area contributed by atoms with Crippen molar-refractivity contribution in [1.29, 1.82) is 0 Å². The largest absolute Gasteiger partial charge is 0.481 e. The molecule has 5 heteroatoms. The van der Waals surface area contributed by atoms with Crippen molar-refractivity contribution in [3.63, 3.8) is 0 Å². The van der Waals surface area contributed by atoms with Gasteiger partial charge in [0.15, 0.2) is 0 Å². The minimum atomic E-state index is -1.22. The predicted octanol–water partition coefficient (Wildman–Crippen LogP) is 1.67. The average molecular weight is 241 g/mol. The first kappa shape index (κ1) is 12.0. The summed E-state index contributed by atoms with van der Waals surface area (Å²) in [5.74, 6) is -2.54. The number of halogens is 2. The smallest absolute Gasteiger partial charge is 0.315 e. The Kier molecular flexibility index (Phi) is 3.11. The van der Waals surface area contributed by atoms with Crippen molar-refractivity contribution in [3.05, 3.63) is 35.4 Å². The van der Waals surface area contributed by atoms with Crippen molar-refractivity contribution < 1.29 is 18.7 Å². The van der Waals surface area contributed by atoms with Crippen molar-refractivity contribution in [2.45, 2.75) is 18.3 Å². The van der Waals surface area contributed by atoms with Gasteiger partial charge in [-0.2, -0.15) is 0 Å². The highest BCUT2D eigenvalue weighted by Crippen LogP contribution is 2.32. The lowest BCUT2D eigenvalue weighted by Gasteiger charge is -2.34. The fourth-order valence-electron chi connectivity index (χ4n) is 2.29. The first-order valence-corrected chi connectivity index (χ1v) is 5.45. The molecule has 1 saturated heterocycles. The number of carboxylic acid groups (broad SMARTS) is 1. The molecular weight excluding hydrogens is 228 g/mol. The van der Waals surface area contributed by atoms with Crippen LogP contribution in [0.1, 0.15) is 18.4 Å². The summed E-state index contributed by atoms with van der Waals surface area (Å²) in [5.41, 5.74) is -1.03. The van der Waals surface area contributed by atoms with Crippen LogP contribution in [0.2, 0.25) is 0 Å². The van der Waals surface area contributed by atoms with Crippen LogP contribution in [0.4, 0.5) is 8.78 Å². The number of carboxylic acids is 1. The van der Waals surface area contributed by atoms with E-state index >= 15 is 0 Å². The van der Waals surface area contributed by atoms with Gasteiger partial charge < -0.3 is 10.4 Å². The van der Waals surface area contributed by atoms with E-state index in [0.29, 0.717) is 12.8 Å². The Morgan fingerprint density at radius 2 is 1.94 bits per heavy atom. The molecule has 1 heterocycles. The number of aliphatic carboxylic acids is 1. The molecule has 92 valence electrons. The second-order valence-electron chi connectivity index (χ2n) is 4.33. The Bertz CT molecular complexity index is 422. The Balaban J connectivity index is 2.48. The van der Waals surface area contributed by atoms with Crippen molar-refractivity contribution in [2.75, 3.05) is 13.1 Å². The van der Waals surface area contributed by atoms with Crippen LogP contribution < -0.4 is 5.32 Å². The topological polar surface area (TPSA) is 49.3 Å². The van der Waals surface area contributed by atoms with Crippen LogP contribution in [0.3, 0.4) is 0 Å². The quantitative estimate of drug-likeness (QED) is 0.828. The minimum absolute atomic E-state index is 0.190. The van der Waals surface area contributed by atoms with Gasteiger partial charge in [-0.3, -0.25) is 4.79 Å². The molecule has 1 atom stereocenters. The zero-order chi connectivity index (χ0) is 12.5. The number of hydrogen-bond acceptors (Lipinski definition) is 2. The van der Waals surface area contributed by atoms with Gasteiger partial charge in [0, 0.05) is 12.6 Å². The van der Waals surface area contributed by atoms with Crippen LogP contribution in [0.15, 0.2) is 18.2 Å². The molecule has 0 aromatic heterocycles. The maximum Gasteiger partial charge on any atom is 0.315 e. The van der Waals surface area contributed by atoms with E-state index in [9.17, 15) is 18.7 Å². The van der Waals surface area contributed by atoms with Crippen LogP contribution >= 0.6 is 0 Å². The van der Waals surface area contributed by atoms with E-state index < -0.39 is 23.0 Å². The first-order valence-electron chi connectivity index (χ1n) is 5.45. The molecule has 0 bridgehead atoms. The van der Waals surface area contributed by atoms with E-state index in [-0.39, 0.29) is 12.1 Å². The highest BCUT2D eigenvalue weighted by Gasteiger charge is 2.41. The van der Waals surface area contributed by atoms with Crippen LogP contribution in [0.25, 0.3) is 0 Å². The summed E-state index contributed by atoms with van der Waals surface area (Å²) in [6.45, 7) is 0.929. The van der Waals surface area contributed by atoms with Crippen molar-refractivity contribution in [2.24, 2.45) is 0 Å². The van der Waals surface area contributed by atoms with Crippen LogP contribution in [0, 0.1) is 11.6 Å². The zero-order valence-corrected chi connectivity index (χ0v) is 9.17. The summed E-state index contributed by atoms with van der Waals surface area (Å²) in [7, 11) is 0. The van der Waals surface area contributed by atoms with E-state index in [1.165, 1.54) is 0 Å². The molecule has 1 unspecified atom stereocenters. The molecule has 0 aliphatic carbocycles. The van der Waals surface area contributed by atoms with Gasteiger partial charge in [-0.1, -0.05) is 0 Å². The second-order valence-corrected chi connectivity index (χ2v) is 4.33. The van der Waals surface area contributed by atoms with Gasteiger partial charge >= 0.3 is 5.97 Å². The SMILES string of the molecule is O=C(O)C1(c2cc(F)cc(F)c2)CCCNC1. The Morgan fingerprint density at radius 1 is 1.29 bits per heavy atom. The Hall–Kier alpha value is -1.49. The van der Waals surface area contributed by atoms with Gasteiger partial charge in [0.05, 0.1) is 0 Å². The molecule has 0 amide bonds. The molecule has 0 saturated carbocycles. The van der Waals surface area contributed by atoms with Gasteiger partial charge in [0.1, 0.15) is 17.0 Å². The molecule has 1 fully saturated rings. The maximum absolute atomic E-state index is 13.2. The summed E-state index contributed by atoms with van der Waals surface area (Å²) < 4.78 is 26.3. The summed E-state index contributed by atoms with van der Waals surface area (Å²) >= 11 is 0. The minimum Gasteiger partial charge on any atom is -0.481 e. The molecule has 1 aromatic carbocycles. The fourth-order valence-corrected chi connectivity index (χ4v) is 2.29. The van der Waals surface area contributed by atoms with Crippen molar-refractivity contribution in [3.8, 4) is 0 Å². The van der Waals surface area contributed by atoms with Gasteiger partial charge in [-0.25, -0.2) is 8.78 Å². The standard InChI is InChI=1S/C12H13F2NO2/c13-9-4-8(5-10(14)6-9)12(11(16)17)2-1-3-15-7-12/h4-6,15H,1-3,7H2,(H,16,17). The number of benzene rings is 1. The number of rotatable bonds is 2. The summed E-state index contributed by atoms with van der Waals surface area (Å²) in [5, 5.41) is 12.3. The average Bonchev–Trinajstić information content (AvgIpc) is 2.28. The third kappa shape index (κ3) is 2.15. The Morgan fingerprint density at radius 3 is 2.41 bits per heavy atom. The van der Waals surface area contributed by atoms with Crippen LogP contribution in [0.5, 0.6) is 0 Å². The molecular formula is C12H13F2NO2.